The van der Waals surface area contributed by atoms with Crippen LogP contribution in [0.2, 0.25) is 0 Å². The molecule has 1 aliphatic rings. The van der Waals surface area contributed by atoms with Gasteiger partial charge in [-0.25, -0.2) is 0 Å². The van der Waals surface area contributed by atoms with Crippen LogP contribution in [0.4, 0.5) is 0 Å². The Balaban J connectivity index is 2.01. The van der Waals surface area contributed by atoms with Gasteiger partial charge in [0.05, 0.1) is 19.3 Å². The van der Waals surface area contributed by atoms with Crippen LogP contribution in [-0.4, -0.2) is 64.1 Å². The molecule has 7 heteroatoms. The van der Waals surface area contributed by atoms with Crippen LogP contribution in [0.5, 0.6) is 0 Å². The van der Waals surface area contributed by atoms with Crippen molar-refractivity contribution in [2.45, 2.75) is 64.9 Å². The van der Waals surface area contributed by atoms with Crippen molar-refractivity contribution >= 4 is 11.9 Å². The van der Waals surface area contributed by atoms with E-state index in [4.69, 9.17) is 14.2 Å². The molecule has 0 saturated carbocycles. The van der Waals surface area contributed by atoms with E-state index in [-0.39, 0.29) is 12.1 Å². The molecule has 0 bridgehead atoms. The summed E-state index contributed by atoms with van der Waals surface area (Å²) in [6.07, 6.45) is 6.85. The van der Waals surface area contributed by atoms with Crippen molar-refractivity contribution in [1.82, 2.24) is 10.6 Å². The smallest absolute Gasteiger partial charge is 0.305 e. The largest absolute Gasteiger partial charge is 0.466 e. The number of carbonyl (C=O) groups is 1. The lowest BCUT2D eigenvalue weighted by Gasteiger charge is -2.12. The molecule has 0 spiro atoms. The summed E-state index contributed by atoms with van der Waals surface area (Å²) >= 11 is 0. The minimum atomic E-state index is -0.0865. The van der Waals surface area contributed by atoms with Gasteiger partial charge >= 0.3 is 5.97 Å². The lowest BCUT2D eigenvalue weighted by atomic mass is 10.1. The lowest BCUT2D eigenvalue weighted by molar-refractivity contribution is -0.143. The van der Waals surface area contributed by atoms with Gasteiger partial charge in [-0.2, -0.15) is 0 Å². The quantitative estimate of drug-likeness (QED) is 0.211. The molecule has 1 rings (SSSR count). The molecule has 0 aliphatic carbocycles. The maximum Gasteiger partial charge on any atom is 0.305 e. The number of nitrogens with one attached hydrogen (secondary N) is 2. The first-order chi connectivity index (χ1) is 12.8. The molecule has 1 atom stereocenters. The van der Waals surface area contributed by atoms with Crippen LogP contribution in [0, 0.1) is 0 Å². The SMILES string of the molecule is CCNC(=NCCCOC1CCOC1)NCCCCCCC(=O)OCC. The molecule has 1 aliphatic heterocycles. The Hall–Kier alpha value is -1.34. The van der Waals surface area contributed by atoms with Gasteiger partial charge in [-0.3, -0.25) is 9.79 Å². The minimum absolute atomic E-state index is 0.0865. The number of ether oxygens (including phenoxy) is 3. The highest BCUT2D eigenvalue weighted by Crippen LogP contribution is 2.08. The predicted molar refractivity (Wildman–Crippen MR) is 103 cm³/mol. The molecule has 0 aromatic heterocycles. The first-order valence-corrected chi connectivity index (χ1v) is 10.1. The summed E-state index contributed by atoms with van der Waals surface area (Å²) < 4.78 is 16.0. The van der Waals surface area contributed by atoms with Crippen molar-refractivity contribution in [2.24, 2.45) is 4.99 Å². The van der Waals surface area contributed by atoms with Crippen LogP contribution in [0.25, 0.3) is 0 Å². The molecule has 7 nitrogen and oxygen atoms in total. The van der Waals surface area contributed by atoms with Crippen LogP contribution in [0.1, 0.15) is 58.8 Å². The van der Waals surface area contributed by atoms with Gasteiger partial charge < -0.3 is 24.8 Å². The minimum Gasteiger partial charge on any atom is -0.466 e. The first-order valence-electron chi connectivity index (χ1n) is 10.1. The van der Waals surface area contributed by atoms with E-state index in [1.54, 1.807) is 0 Å². The van der Waals surface area contributed by atoms with Gasteiger partial charge in [-0.15, -0.1) is 0 Å². The summed E-state index contributed by atoms with van der Waals surface area (Å²) in [7, 11) is 0. The van der Waals surface area contributed by atoms with Crippen molar-refractivity contribution < 1.29 is 19.0 Å². The number of unbranched alkanes of at least 4 members (excludes halogenated alkanes) is 3. The van der Waals surface area contributed by atoms with E-state index in [0.29, 0.717) is 13.0 Å². The molecule has 0 aromatic rings. The zero-order chi connectivity index (χ0) is 18.9. The summed E-state index contributed by atoms with van der Waals surface area (Å²) in [5, 5.41) is 6.62. The van der Waals surface area contributed by atoms with E-state index in [9.17, 15) is 4.79 Å². The number of carbonyl (C=O) groups excluding carboxylic acids is 1. The van der Waals surface area contributed by atoms with Crippen molar-refractivity contribution in [3.05, 3.63) is 0 Å². The van der Waals surface area contributed by atoms with Crippen LogP contribution >= 0.6 is 0 Å². The first kappa shape index (κ1) is 22.7. The third kappa shape index (κ3) is 12.1. The van der Waals surface area contributed by atoms with E-state index in [0.717, 1.165) is 83.9 Å². The van der Waals surface area contributed by atoms with Crippen LogP contribution < -0.4 is 10.6 Å². The highest BCUT2D eigenvalue weighted by Gasteiger charge is 2.15. The molecule has 2 N–H and O–H groups in total. The Morgan fingerprint density at radius 1 is 1.15 bits per heavy atom. The topological polar surface area (TPSA) is 81.2 Å². The highest BCUT2D eigenvalue weighted by molar-refractivity contribution is 5.79. The van der Waals surface area contributed by atoms with Gasteiger partial charge in [0, 0.05) is 39.3 Å². The second-order valence-electron chi connectivity index (χ2n) is 6.37. The highest BCUT2D eigenvalue weighted by atomic mass is 16.5. The predicted octanol–water partition coefficient (Wildman–Crippen LogP) is 2.25. The molecule has 1 unspecified atom stereocenters. The Morgan fingerprint density at radius 2 is 2.00 bits per heavy atom. The molecule has 26 heavy (non-hydrogen) atoms. The normalized spacial score (nSPS) is 17.3. The third-order valence-corrected chi connectivity index (χ3v) is 4.06. The number of aliphatic imine (C=N–C) groups is 1. The Bertz CT molecular complexity index is 385. The standard InChI is InChI=1S/C19H37N3O4/c1-3-20-19(22-13-9-14-26-17-11-15-24-16-17)21-12-8-6-5-7-10-18(23)25-4-2/h17H,3-16H2,1-2H3,(H2,20,21,22). The van der Waals surface area contributed by atoms with E-state index >= 15 is 0 Å². The van der Waals surface area contributed by atoms with Crippen molar-refractivity contribution in [3.63, 3.8) is 0 Å². The molecular formula is C19H37N3O4. The van der Waals surface area contributed by atoms with Crippen molar-refractivity contribution in [2.75, 3.05) is 46.1 Å². The van der Waals surface area contributed by atoms with E-state index in [1.165, 1.54) is 0 Å². The van der Waals surface area contributed by atoms with Crippen LogP contribution in [-0.2, 0) is 19.0 Å². The molecule has 0 amide bonds. The van der Waals surface area contributed by atoms with E-state index in [1.807, 2.05) is 6.92 Å². The van der Waals surface area contributed by atoms with E-state index in [2.05, 4.69) is 22.5 Å². The van der Waals surface area contributed by atoms with Crippen LogP contribution in [0.15, 0.2) is 4.99 Å². The maximum absolute atomic E-state index is 11.2. The number of esters is 1. The molecule has 0 aromatic carbocycles. The molecular weight excluding hydrogens is 334 g/mol. The fourth-order valence-corrected chi connectivity index (χ4v) is 2.68. The summed E-state index contributed by atoms with van der Waals surface area (Å²) in [6, 6.07) is 0. The van der Waals surface area contributed by atoms with Gasteiger partial charge in [-0.05, 0) is 39.5 Å². The van der Waals surface area contributed by atoms with Crippen molar-refractivity contribution in [1.29, 1.82) is 0 Å². The Morgan fingerprint density at radius 3 is 2.73 bits per heavy atom. The summed E-state index contributed by atoms with van der Waals surface area (Å²) in [5.74, 6) is 0.778. The average molecular weight is 372 g/mol. The van der Waals surface area contributed by atoms with Crippen molar-refractivity contribution in [3.8, 4) is 0 Å². The van der Waals surface area contributed by atoms with Gasteiger partial charge in [0.2, 0.25) is 0 Å². The lowest BCUT2D eigenvalue weighted by Crippen LogP contribution is -2.37. The van der Waals surface area contributed by atoms with Crippen LogP contribution in [0.3, 0.4) is 0 Å². The second kappa shape index (κ2) is 15.9. The average Bonchev–Trinajstić information content (AvgIpc) is 3.14. The number of guanidine groups is 1. The number of hydrogen-bond donors (Lipinski definition) is 2. The molecule has 152 valence electrons. The fraction of sp³-hybridized carbons (Fsp3) is 0.895. The number of nitrogens with zero attached hydrogens (tertiary/aromatic N) is 1. The van der Waals surface area contributed by atoms with Gasteiger partial charge in [-0.1, -0.05) is 12.8 Å². The van der Waals surface area contributed by atoms with E-state index < -0.39 is 0 Å². The summed E-state index contributed by atoms with van der Waals surface area (Å²) in [4.78, 5) is 15.8. The maximum atomic E-state index is 11.2. The van der Waals surface area contributed by atoms with Gasteiger partial charge in [0.25, 0.3) is 0 Å². The molecule has 0 radical (unpaired) electrons. The Kier molecular flexibility index (Phi) is 13.9. The monoisotopic (exact) mass is 371 g/mol. The molecule has 1 saturated heterocycles. The number of rotatable bonds is 14. The van der Waals surface area contributed by atoms with Gasteiger partial charge in [0.15, 0.2) is 5.96 Å². The zero-order valence-corrected chi connectivity index (χ0v) is 16.6. The second-order valence-corrected chi connectivity index (χ2v) is 6.37. The fourth-order valence-electron chi connectivity index (χ4n) is 2.68. The number of hydrogen-bond acceptors (Lipinski definition) is 5. The Labute approximate surface area is 158 Å². The molecule has 1 heterocycles. The summed E-state index contributed by atoms with van der Waals surface area (Å²) in [6.45, 7) is 9.15. The third-order valence-electron chi connectivity index (χ3n) is 4.06. The van der Waals surface area contributed by atoms with Gasteiger partial charge in [0.1, 0.15) is 0 Å². The summed E-state index contributed by atoms with van der Waals surface area (Å²) in [5.41, 5.74) is 0. The zero-order valence-electron chi connectivity index (χ0n) is 16.6. The molecule has 1 fully saturated rings.